The number of hydrogen-bond acceptors (Lipinski definition) is 3. The fourth-order valence-electron chi connectivity index (χ4n) is 1.65. The lowest BCUT2D eigenvalue weighted by Gasteiger charge is -2.03. The monoisotopic (exact) mass is 277 g/mol. The van der Waals surface area contributed by atoms with Crippen molar-refractivity contribution in [3.63, 3.8) is 0 Å². The predicted molar refractivity (Wildman–Crippen MR) is 74.2 cm³/mol. The number of rotatable bonds is 3. The highest BCUT2D eigenvalue weighted by Crippen LogP contribution is 2.22. The van der Waals surface area contributed by atoms with Gasteiger partial charge in [0, 0.05) is 7.05 Å². The number of H-pyrrole nitrogens is 1. The predicted octanol–water partition coefficient (Wildman–Crippen LogP) is 2.56. The van der Waals surface area contributed by atoms with Crippen molar-refractivity contribution in [1.82, 2.24) is 20.5 Å². The van der Waals surface area contributed by atoms with Crippen LogP contribution in [-0.2, 0) is 0 Å². The summed E-state index contributed by atoms with van der Waals surface area (Å²) in [5, 5.41) is 9.69. The van der Waals surface area contributed by atoms with Crippen LogP contribution in [0.25, 0.3) is 16.7 Å². The highest BCUT2D eigenvalue weighted by Gasteiger charge is 2.12. The Hall–Kier alpha value is -2.57. The molecule has 0 unspecified atom stereocenters. The number of aromatic amines is 1. The number of pyridine rings is 1. The summed E-state index contributed by atoms with van der Waals surface area (Å²) in [7, 11) is 1.54. The Balaban J connectivity index is 2.46. The summed E-state index contributed by atoms with van der Waals surface area (Å²) >= 11 is 0. The van der Waals surface area contributed by atoms with Crippen LogP contribution in [-0.4, -0.2) is 28.1 Å². The van der Waals surface area contributed by atoms with Crippen LogP contribution >= 0.6 is 0 Å². The van der Waals surface area contributed by atoms with Crippen LogP contribution in [0, 0.1) is 5.82 Å². The van der Waals surface area contributed by atoms with Crippen molar-refractivity contribution in [2.75, 3.05) is 7.05 Å². The van der Waals surface area contributed by atoms with E-state index in [0.29, 0.717) is 16.7 Å². The molecule has 0 aliphatic carbocycles. The van der Waals surface area contributed by atoms with Gasteiger partial charge in [0.1, 0.15) is 11.5 Å². The summed E-state index contributed by atoms with van der Waals surface area (Å²) in [6.45, 7) is 5.28. The van der Waals surface area contributed by atoms with Crippen LogP contribution in [0.3, 0.4) is 0 Å². The van der Waals surface area contributed by atoms with Crippen molar-refractivity contribution in [3.8, 4) is 0 Å². The van der Waals surface area contributed by atoms with E-state index in [1.807, 2.05) is 0 Å². The molecule has 0 aliphatic rings. The van der Waals surface area contributed by atoms with E-state index < -0.39 is 11.6 Å². The molecule has 0 aromatic carbocycles. The van der Waals surface area contributed by atoms with Gasteiger partial charge in [-0.3, -0.25) is 5.10 Å². The molecule has 0 radical (unpaired) electrons. The number of aromatic nitrogens is 3. The molecule has 5 nitrogen and oxygen atoms in total. The van der Waals surface area contributed by atoms with E-state index in [0.717, 1.165) is 6.20 Å². The van der Waals surface area contributed by atoms with Crippen molar-refractivity contribution in [1.29, 1.82) is 0 Å². The van der Waals surface area contributed by atoms with Crippen molar-refractivity contribution >= 4 is 22.6 Å². The van der Waals surface area contributed by atoms with E-state index in [4.69, 9.17) is 0 Å². The molecular formula is C13H13F2N5. The number of nitrogens with one attached hydrogen (secondary N) is 2. The Morgan fingerprint density at radius 1 is 1.55 bits per heavy atom. The number of amidine groups is 1. The molecule has 104 valence electrons. The van der Waals surface area contributed by atoms with Gasteiger partial charge in [-0.1, -0.05) is 6.58 Å². The topological polar surface area (TPSA) is 66.0 Å². The minimum atomic E-state index is -0.516. The van der Waals surface area contributed by atoms with Gasteiger partial charge < -0.3 is 5.32 Å². The lowest BCUT2D eigenvalue weighted by molar-refractivity contribution is 0.624. The fraction of sp³-hybridized carbons (Fsp3) is 0.154. The van der Waals surface area contributed by atoms with E-state index in [2.05, 4.69) is 32.1 Å². The van der Waals surface area contributed by atoms with Gasteiger partial charge in [-0.2, -0.15) is 5.10 Å². The Morgan fingerprint density at radius 3 is 2.95 bits per heavy atom. The zero-order valence-corrected chi connectivity index (χ0v) is 11.0. The van der Waals surface area contributed by atoms with E-state index in [1.54, 1.807) is 14.0 Å². The van der Waals surface area contributed by atoms with Gasteiger partial charge in [-0.15, -0.1) is 0 Å². The molecule has 0 saturated heterocycles. The van der Waals surface area contributed by atoms with Crippen LogP contribution in [0.5, 0.6) is 0 Å². The highest BCUT2D eigenvalue weighted by atomic mass is 19.1. The lowest BCUT2D eigenvalue weighted by atomic mass is 10.2. The summed E-state index contributed by atoms with van der Waals surface area (Å²) in [4.78, 5) is 7.87. The molecule has 2 heterocycles. The molecule has 0 bridgehead atoms. The van der Waals surface area contributed by atoms with E-state index in [1.165, 1.54) is 12.1 Å². The highest BCUT2D eigenvalue weighted by molar-refractivity contribution is 6.00. The molecule has 0 spiro atoms. The number of nitrogens with zero attached hydrogens (tertiary/aromatic N) is 3. The maximum atomic E-state index is 13.5. The number of aliphatic imine (C=N–C) groups is 1. The van der Waals surface area contributed by atoms with Crippen molar-refractivity contribution < 1.29 is 8.78 Å². The maximum absolute atomic E-state index is 13.5. The van der Waals surface area contributed by atoms with E-state index in [9.17, 15) is 8.78 Å². The molecule has 0 saturated carbocycles. The number of fused-ring (bicyclic) bond motifs is 1. The molecule has 20 heavy (non-hydrogen) atoms. The van der Waals surface area contributed by atoms with Gasteiger partial charge in [0.2, 0.25) is 0 Å². The average molecular weight is 277 g/mol. The Labute approximate surface area is 114 Å². The van der Waals surface area contributed by atoms with Gasteiger partial charge >= 0.3 is 0 Å². The fourth-order valence-corrected chi connectivity index (χ4v) is 1.65. The molecule has 7 heteroatoms. The molecule has 0 amide bonds. The van der Waals surface area contributed by atoms with Crippen LogP contribution in [0.1, 0.15) is 12.6 Å². The average Bonchev–Trinajstić information content (AvgIpc) is 2.86. The van der Waals surface area contributed by atoms with Crippen molar-refractivity contribution in [2.24, 2.45) is 4.99 Å². The smallest absolute Gasteiger partial charge is 0.162 e. The summed E-state index contributed by atoms with van der Waals surface area (Å²) in [5.41, 5.74) is 0.934. The third kappa shape index (κ3) is 2.56. The number of halogens is 2. The Morgan fingerprint density at radius 2 is 2.30 bits per heavy atom. The molecule has 2 N–H and O–H groups in total. The first-order valence-corrected chi connectivity index (χ1v) is 5.84. The first kappa shape index (κ1) is 13.9. The first-order chi connectivity index (χ1) is 9.56. The van der Waals surface area contributed by atoms with Crippen LogP contribution in [0.4, 0.5) is 8.78 Å². The molecule has 2 aromatic heterocycles. The summed E-state index contributed by atoms with van der Waals surface area (Å²) in [5.74, 6) is -0.985. The molecule has 2 aromatic rings. The quantitative estimate of drug-likeness (QED) is 0.669. The van der Waals surface area contributed by atoms with Gasteiger partial charge in [-0.25, -0.2) is 18.8 Å². The SMILES string of the molecule is C=C(/N=C(NC)\C(F)=C/C)c1n[nH]c2ncc(F)cc12. The van der Waals surface area contributed by atoms with Gasteiger partial charge in [0.25, 0.3) is 0 Å². The summed E-state index contributed by atoms with van der Waals surface area (Å²) in [6.07, 6.45) is 2.35. The second-order valence-corrected chi connectivity index (χ2v) is 3.92. The maximum Gasteiger partial charge on any atom is 0.162 e. The second kappa shape index (κ2) is 5.60. The first-order valence-electron chi connectivity index (χ1n) is 5.84. The van der Waals surface area contributed by atoms with Crippen LogP contribution in [0.15, 0.2) is 35.7 Å². The van der Waals surface area contributed by atoms with Crippen molar-refractivity contribution in [2.45, 2.75) is 6.92 Å². The number of allylic oxidation sites excluding steroid dienone is 1. The second-order valence-electron chi connectivity index (χ2n) is 3.92. The lowest BCUT2D eigenvalue weighted by Crippen LogP contribution is -2.18. The molecule has 0 aliphatic heterocycles. The molecule has 0 fully saturated rings. The minimum absolute atomic E-state index is 0.0259. The van der Waals surface area contributed by atoms with Crippen LogP contribution < -0.4 is 5.32 Å². The zero-order valence-electron chi connectivity index (χ0n) is 11.0. The summed E-state index contributed by atoms with van der Waals surface area (Å²) < 4.78 is 26.7. The third-order valence-corrected chi connectivity index (χ3v) is 2.62. The van der Waals surface area contributed by atoms with E-state index in [-0.39, 0.29) is 11.5 Å². The van der Waals surface area contributed by atoms with Gasteiger partial charge in [0.05, 0.1) is 17.3 Å². The standard InChI is InChI=1S/C13H13F2N5/c1-4-10(15)13(16-3)18-7(2)11-9-5-8(14)6-17-12(9)20-19-11/h4-6H,2H2,1,3H3,(H,16,18)(H,17,19,20)/b10-4+. The third-order valence-electron chi connectivity index (χ3n) is 2.62. The molecule has 0 atom stereocenters. The van der Waals surface area contributed by atoms with Gasteiger partial charge in [0.15, 0.2) is 17.3 Å². The van der Waals surface area contributed by atoms with E-state index >= 15 is 0 Å². The number of hydrogen-bond donors (Lipinski definition) is 2. The zero-order chi connectivity index (χ0) is 14.7. The number of likely N-dealkylation sites (N-methyl/N-ethyl adjacent to an activating group) is 1. The largest absolute Gasteiger partial charge is 0.371 e. The normalized spacial score (nSPS) is 12.8. The molecular weight excluding hydrogens is 264 g/mol. The summed E-state index contributed by atoms with van der Waals surface area (Å²) in [6, 6.07) is 1.27. The Kier molecular flexibility index (Phi) is 3.88. The Bertz CT molecular complexity index is 715. The molecule has 2 rings (SSSR count). The van der Waals surface area contributed by atoms with Gasteiger partial charge in [-0.05, 0) is 19.1 Å². The van der Waals surface area contributed by atoms with Crippen LogP contribution in [0.2, 0.25) is 0 Å². The van der Waals surface area contributed by atoms with Crippen molar-refractivity contribution in [3.05, 3.63) is 42.3 Å². The minimum Gasteiger partial charge on any atom is -0.371 e.